The Balaban J connectivity index is 0.000000640. The van der Waals surface area contributed by atoms with E-state index in [2.05, 4.69) is 12.2 Å². The molecule has 0 radical (unpaired) electrons. The summed E-state index contributed by atoms with van der Waals surface area (Å²) in [6.07, 6.45) is 1.46. The molecule has 1 heterocycles. The third kappa shape index (κ3) is 2.03. The quantitative estimate of drug-likeness (QED) is 0.644. The molecule has 1 aromatic rings. The lowest BCUT2D eigenvalue weighted by atomic mass is 10.5. The minimum Gasteiger partial charge on any atom is -0.496 e. The van der Waals surface area contributed by atoms with Gasteiger partial charge in [0.05, 0.1) is 6.26 Å². The Labute approximate surface area is 63.9 Å². The predicted octanol–water partition coefficient (Wildman–Crippen LogP) is 1.93. The molecule has 50 valence electrons. The Hall–Kier alpha value is -0.540. The van der Waals surface area contributed by atoms with Crippen LogP contribution in [0.15, 0.2) is 22.8 Å². The molecule has 9 heavy (non-hydrogen) atoms. The summed E-state index contributed by atoms with van der Waals surface area (Å²) in [6, 6.07) is 3.26. The zero-order chi connectivity index (χ0) is 5.98. The Bertz CT molecular complexity index is 183. The number of hydrogen-bond acceptors (Lipinski definition) is 2. The SMILES string of the molecule is Cl.OC(=S)c1ccco1. The Morgan fingerprint density at radius 3 is 2.56 bits per heavy atom. The van der Waals surface area contributed by atoms with Crippen molar-refractivity contribution in [2.24, 2.45) is 0 Å². The van der Waals surface area contributed by atoms with Crippen molar-refractivity contribution in [3.63, 3.8) is 0 Å². The van der Waals surface area contributed by atoms with Crippen molar-refractivity contribution in [3.05, 3.63) is 24.2 Å². The number of aliphatic hydroxyl groups excluding tert-OH is 1. The highest BCUT2D eigenvalue weighted by Gasteiger charge is 1.96. The zero-order valence-corrected chi connectivity index (χ0v) is 6.04. The molecule has 0 aromatic carbocycles. The van der Waals surface area contributed by atoms with Crippen LogP contribution in [0.2, 0.25) is 0 Å². The second-order valence-corrected chi connectivity index (χ2v) is 1.67. The van der Waals surface area contributed by atoms with Gasteiger partial charge in [-0.1, -0.05) is 0 Å². The average Bonchev–Trinajstić information content (AvgIpc) is 2.12. The third-order valence-corrected chi connectivity index (χ3v) is 0.933. The first-order valence-electron chi connectivity index (χ1n) is 2.07. The van der Waals surface area contributed by atoms with Gasteiger partial charge in [0, 0.05) is 0 Å². The van der Waals surface area contributed by atoms with E-state index in [1.165, 1.54) is 6.26 Å². The van der Waals surface area contributed by atoms with E-state index in [0.717, 1.165) is 0 Å². The van der Waals surface area contributed by atoms with Gasteiger partial charge in [-0.15, -0.1) is 12.4 Å². The number of rotatable bonds is 1. The molecule has 4 heteroatoms. The lowest BCUT2D eigenvalue weighted by Crippen LogP contribution is -1.88. The molecule has 0 fully saturated rings. The van der Waals surface area contributed by atoms with E-state index in [4.69, 9.17) is 9.52 Å². The van der Waals surface area contributed by atoms with E-state index in [9.17, 15) is 0 Å². The molecule has 0 saturated heterocycles. The molecule has 0 unspecified atom stereocenters. The van der Waals surface area contributed by atoms with Crippen molar-refractivity contribution in [2.75, 3.05) is 0 Å². The maximum absolute atomic E-state index is 8.55. The summed E-state index contributed by atoms with van der Waals surface area (Å²) in [4.78, 5) is 0. The fourth-order valence-corrected chi connectivity index (χ4v) is 0.516. The van der Waals surface area contributed by atoms with Gasteiger partial charge < -0.3 is 9.52 Å². The highest BCUT2D eigenvalue weighted by atomic mass is 35.5. The van der Waals surface area contributed by atoms with Crippen LogP contribution in [0.4, 0.5) is 0 Å². The van der Waals surface area contributed by atoms with E-state index in [0.29, 0.717) is 5.76 Å². The predicted molar refractivity (Wildman–Crippen MR) is 40.3 cm³/mol. The largest absolute Gasteiger partial charge is 0.496 e. The van der Waals surface area contributed by atoms with Crippen LogP contribution in [-0.4, -0.2) is 10.2 Å². The normalized spacial score (nSPS) is 8.00. The van der Waals surface area contributed by atoms with Crippen molar-refractivity contribution < 1.29 is 9.52 Å². The van der Waals surface area contributed by atoms with Gasteiger partial charge >= 0.3 is 0 Å². The summed E-state index contributed by atoms with van der Waals surface area (Å²) in [5.41, 5.74) is 0. The lowest BCUT2D eigenvalue weighted by Gasteiger charge is -1.83. The molecule has 1 rings (SSSR count). The van der Waals surface area contributed by atoms with Gasteiger partial charge in [0.15, 0.2) is 5.76 Å². The molecule has 1 aromatic heterocycles. The van der Waals surface area contributed by atoms with Crippen molar-refractivity contribution in [2.45, 2.75) is 0 Å². The van der Waals surface area contributed by atoms with Gasteiger partial charge in [-0.2, -0.15) is 0 Å². The average molecular weight is 165 g/mol. The standard InChI is InChI=1S/C5H4O2S.ClH/c6-5(8)4-2-1-3-7-4;/h1-3H,(H,6,8);1H. The summed E-state index contributed by atoms with van der Waals surface area (Å²) >= 11 is 4.38. The smallest absolute Gasteiger partial charge is 0.225 e. The maximum atomic E-state index is 8.55. The van der Waals surface area contributed by atoms with Crippen molar-refractivity contribution in [1.29, 1.82) is 0 Å². The van der Waals surface area contributed by atoms with Crippen LogP contribution in [0.25, 0.3) is 0 Å². The second-order valence-electron chi connectivity index (χ2n) is 1.28. The molecular weight excluding hydrogens is 160 g/mol. The Kier molecular flexibility index (Phi) is 3.27. The molecule has 0 saturated carbocycles. The Morgan fingerprint density at radius 1 is 1.67 bits per heavy atom. The first-order valence-corrected chi connectivity index (χ1v) is 2.48. The molecule has 0 amide bonds. The highest BCUT2D eigenvalue weighted by Crippen LogP contribution is 1.98. The van der Waals surface area contributed by atoms with E-state index >= 15 is 0 Å². The number of halogens is 1. The third-order valence-electron chi connectivity index (χ3n) is 0.732. The van der Waals surface area contributed by atoms with E-state index in [1.54, 1.807) is 12.1 Å². The van der Waals surface area contributed by atoms with Crippen LogP contribution in [0.5, 0.6) is 0 Å². The van der Waals surface area contributed by atoms with Gasteiger partial charge in [-0.05, 0) is 24.4 Å². The fourth-order valence-electron chi connectivity index (χ4n) is 0.400. The molecule has 0 spiro atoms. The number of furan rings is 1. The summed E-state index contributed by atoms with van der Waals surface area (Å²) in [5, 5.41) is 8.35. The number of aliphatic hydroxyl groups is 1. The summed E-state index contributed by atoms with van der Waals surface area (Å²) in [5.74, 6) is 0.347. The van der Waals surface area contributed by atoms with Gasteiger partial charge in [-0.3, -0.25) is 0 Å². The van der Waals surface area contributed by atoms with Crippen molar-refractivity contribution >= 4 is 29.7 Å². The molecule has 0 aliphatic rings. The summed E-state index contributed by atoms with van der Waals surface area (Å²) < 4.78 is 4.70. The molecule has 0 aliphatic carbocycles. The monoisotopic (exact) mass is 164 g/mol. The summed E-state index contributed by atoms with van der Waals surface area (Å²) in [7, 11) is 0. The van der Waals surface area contributed by atoms with Crippen LogP contribution >= 0.6 is 24.6 Å². The molecular formula is C5H5ClO2S. The molecule has 0 atom stereocenters. The fraction of sp³-hybridized carbons (Fsp3) is 0. The first kappa shape index (κ1) is 8.46. The number of thiocarbonyl (C=S) groups is 1. The van der Waals surface area contributed by atoms with E-state index in [-0.39, 0.29) is 17.5 Å². The summed E-state index contributed by atoms with van der Waals surface area (Å²) in [6.45, 7) is 0. The van der Waals surface area contributed by atoms with E-state index in [1.807, 2.05) is 0 Å². The lowest BCUT2D eigenvalue weighted by molar-refractivity contribution is 0.504. The second kappa shape index (κ2) is 3.48. The van der Waals surface area contributed by atoms with Crippen LogP contribution in [0, 0.1) is 0 Å². The van der Waals surface area contributed by atoms with Crippen LogP contribution < -0.4 is 0 Å². The van der Waals surface area contributed by atoms with Crippen LogP contribution in [0.3, 0.4) is 0 Å². The van der Waals surface area contributed by atoms with Crippen molar-refractivity contribution in [3.8, 4) is 0 Å². The molecule has 2 nitrogen and oxygen atoms in total. The highest BCUT2D eigenvalue weighted by molar-refractivity contribution is 7.80. The van der Waals surface area contributed by atoms with Gasteiger partial charge in [0.2, 0.25) is 5.05 Å². The zero-order valence-electron chi connectivity index (χ0n) is 4.40. The maximum Gasteiger partial charge on any atom is 0.225 e. The van der Waals surface area contributed by atoms with Crippen LogP contribution in [-0.2, 0) is 0 Å². The molecule has 0 bridgehead atoms. The van der Waals surface area contributed by atoms with Gasteiger partial charge in [0.1, 0.15) is 0 Å². The first-order chi connectivity index (χ1) is 3.80. The Morgan fingerprint density at radius 2 is 2.33 bits per heavy atom. The molecule has 0 aliphatic heterocycles. The van der Waals surface area contributed by atoms with Gasteiger partial charge in [-0.25, -0.2) is 0 Å². The van der Waals surface area contributed by atoms with Crippen LogP contribution in [0.1, 0.15) is 5.76 Å². The minimum atomic E-state index is -0.199. The minimum absolute atomic E-state index is 0. The molecule has 1 N–H and O–H groups in total. The van der Waals surface area contributed by atoms with Crippen molar-refractivity contribution in [1.82, 2.24) is 0 Å². The van der Waals surface area contributed by atoms with Gasteiger partial charge in [0.25, 0.3) is 0 Å². The topological polar surface area (TPSA) is 33.4 Å². The van der Waals surface area contributed by atoms with E-state index < -0.39 is 0 Å². The number of hydrogen-bond donors (Lipinski definition) is 1.